The summed E-state index contributed by atoms with van der Waals surface area (Å²) in [7, 11) is -3.42. The van der Waals surface area contributed by atoms with Crippen molar-refractivity contribution >= 4 is 15.7 Å². The molecule has 19 heavy (non-hydrogen) atoms. The maximum Gasteiger partial charge on any atom is 0.239 e. The molecule has 1 rings (SSSR count). The molecule has 6 heteroatoms. The number of nitrogens with zero attached hydrogens (tertiary/aromatic N) is 1. The minimum Gasteiger partial charge on any atom is -0.337 e. The number of nitrogens with one attached hydrogen (secondary N) is 1. The predicted molar refractivity (Wildman–Crippen MR) is 73.0 cm³/mol. The Labute approximate surface area is 115 Å². The van der Waals surface area contributed by atoms with Crippen molar-refractivity contribution in [1.29, 1.82) is 5.26 Å². The largest absolute Gasteiger partial charge is 0.337 e. The minimum atomic E-state index is -3.42. The molecular weight excluding hydrogens is 264 g/mol. The van der Waals surface area contributed by atoms with Gasteiger partial charge in [0.05, 0.1) is 6.07 Å². The molecule has 0 saturated heterocycles. The Bertz CT molecular complexity index is 471. The molecule has 0 bridgehead atoms. The second-order valence-electron chi connectivity index (χ2n) is 5.51. The Morgan fingerprint density at radius 2 is 2.00 bits per heavy atom. The molecule has 1 atom stereocenters. The van der Waals surface area contributed by atoms with E-state index < -0.39 is 26.5 Å². The van der Waals surface area contributed by atoms with Crippen LogP contribution in [-0.2, 0) is 14.6 Å². The molecule has 5 nitrogen and oxygen atoms in total. The van der Waals surface area contributed by atoms with Gasteiger partial charge in [-0.15, -0.1) is 0 Å². The van der Waals surface area contributed by atoms with E-state index in [1.54, 1.807) is 0 Å². The molecule has 108 valence electrons. The van der Waals surface area contributed by atoms with Crippen LogP contribution >= 0.6 is 0 Å². The lowest BCUT2D eigenvalue weighted by Crippen LogP contribution is -2.53. The topological polar surface area (TPSA) is 87.0 Å². The predicted octanol–water partition coefficient (Wildman–Crippen LogP) is 1.40. The summed E-state index contributed by atoms with van der Waals surface area (Å²) >= 11 is 0. The van der Waals surface area contributed by atoms with Gasteiger partial charge in [-0.2, -0.15) is 5.26 Å². The normalized spacial score (nSPS) is 29.3. The first-order valence-electron chi connectivity index (χ1n) is 6.66. The fourth-order valence-corrected chi connectivity index (χ4v) is 2.82. The van der Waals surface area contributed by atoms with Crippen LogP contribution in [0.2, 0.25) is 0 Å². The first-order valence-corrected chi connectivity index (χ1v) is 8.61. The van der Waals surface area contributed by atoms with Crippen LogP contribution in [0, 0.1) is 17.2 Å². The van der Waals surface area contributed by atoms with Crippen LogP contribution in [-0.4, -0.2) is 31.4 Å². The van der Waals surface area contributed by atoms with Crippen LogP contribution in [0.25, 0.3) is 0 Å². The van der Waals surface area contributed by atoms with Gasteiger partial charge in [-0.1, -0.05) is 13.3 Å². The molecule has 1 aliphatic rings. The summed E-state index contributed by atoms with van der Waals surface area (Å²) in [5.41, 5.74) is -0.887. The maximum absolute atomic E-state index is 11.9. The molecule has 0 aromatic rings. The van der Waals surface area contributed by atoms with E-state index in [1.165, 1.54) is 6.92 Å². The highest BCUT2D eigenvalue weighted by Crippen LogP contribution is 2.33. The third kappa shape index (κ3) is 3.93. The number of nitriles is 1. The van der Waals surface area contributed by atoms with Gasteiger partial charge in [-0.25, -0.2) is 8.42 Å². The van der Waals surface area contributed by atoms with Crippen molar-refractivity contribution in [1.82, 2.24) is 5.32 Å². The highest BCUT2D eigenvalue weighted by molar-refractivity contribution is 7.92. The summed E-state index contributed by atoms with van der Waals surface area (Å²) in [4.78, 5) is 11.9. The van der Waals surface area contributed by atoms with Crippen LogP contribution in [0.3, 0.4) is 0 Å². The van der Waals surface area contributed by atoms with Gasteiger partial charge in [-0.05, 0) is 38.5 Å². The van der Waals surface area contributed by atoms with Crippen LogP contribution < -0.4 is 5.32 Å². The molecule has 0 radical (unpaired) electrons. The van der Waals surface area contributed by atoms with Crippen molar-refractivity contribution < 1.29 is 13.2 Å². The van der Waals surface area contributed by atoms with Crippen molar-refractivity contribution in [3.63, 3.8) is 0 Å². The lowest BCUT2D eigenvalue weighted by molar-refractivity contribution is -0.122. The van der Waals surface area contributed by atoms with Crippen molar-refractivity contribution in [3.05, 3.63) is 0 Å². The summed E-state index contributed by atoms with van der Waals surface area (Å²) in [6.07, 6.45) is 5.11. The molecular formula is C13H22N2O3S. The number of hydrogen-bond donors (Lipinski definition) is 1. The molecule has 1 aliphatic carbocycles. The number of rotatable bonds is 4. The maximum atomic E-state index is 11.9. The Kier molecular flexibility index (Phi) is 4.97. The van der Waals surface area contributed by atoms with Gasteiger partial charge in [0.15, 0.2) is 9.84 Å². The van der Waals surface area contributed by atoms with E-state index in [0.717, 1.165) is 25.5 Å². The first-order chi connectivity index (χ1) is 8.74. The van der Waals surface area contributed by atoms with Crippen LogP contribution in [0.4, 0.5) is 0 Å². The van der Waals surface area contributed by atoms with Crippen LogP contribution in [0.1, 0.15) is 46.0 Å². The second-order valence-corrected chi connectivity index (χ2v) is 7.87. The molecule has 1 N–H and O–H groups in total. The number of carbonyl (C=O) groups excluding carboxylic acids is 1. The fraction of sp³-hybridized carbons (Fsp3) is 0.846. The lowest BCUT2D eigenvalue weighted by atomic mass is 9.76. The minimum absolute atomic E-state index is 0.570. The zero-order valence-electron chi connectivity index (χ0n) is 11.8. The standard InChI is InChI=1S/C13H22N2O3S/c1-4-11-5-7-13(9-14,8-6-11)15-12(16)10(2)19(3,17)18/h10-11H,4-8H2,1-3H3,(H,15,16). The molecule has 1 saturated carbocycles. The third-order valence-corrected chi connectivity index (χ3v) is 5.62. The molecule has 1 fully saturated rings. The van der Waals surface area contributed by atoms with Crippen LogP contribution in [0.15, 0.2) is 0 Å². The highest BCUT2D eigenvalue weighted by Gasteiger charge is 2.38. The number of carbonyl (C=O) groups is 1. The van der Waals surface area contributed by atoms with E-state index >= 15 is 0 Å². The number of hydrogen-bond acceptors (Lipinski definition) is 4. The van der Waals surface area contributed by atoms with Gasteiger partial charge in [0, 0.05) is 6.26 Å². The van der Waals surface area contributed by atoms with E-state index in [9.17, 15) is 18.5 Å². The lowest BCUT2D eigenvalue weighted by Gasteiger charge is -2.35. The van der Waals surface area contributed by atoms with E-state index in [0.29, 0.717) is 18.8 Å². The second kappa shape index (κ2) is 5.91. The van der Waals surface area contributed by atoms with Crippen molar-refractivity contribution in [2.75, 3.05) is 6.26 Å². The highest BCUT2D eigenvalue weighted by atomic mass is 32.2. The Hall–Kier alpha value is -1.09. The number of sulfone groups is 1. The zero-order valence-corrected chi connectivity index (χ0v) is 12.6. The van der Waals surface area contributed by atoms with Crippen molar-refractivity contribution in [2.45, 2.75) is 56.7 Å². The fourth-order valence-electron chi connectivity index (χ4n) is 2.38. The molecule has 0 spiro atoms. The average Bonchev–Trinajstić information content (AvgIpc) is 2.37. The summed E-state index contributed by atoms with van der Waals surface area (Å²) in [6.45, 7) is 3.47. The average molecular weight is 286 g/mol. The Morgan fingerprint density at radius 1 is 1.47 bits per heavy atom. The molecule has 0 aromatic heterocycles. The molecule has 0 aromatic carbocycles. The van der Waals surface area contributed by atoms with E-state index in [2.05, 4.69) is 18.3 Å². The Morgan fingerprint density at radius 3 is 2.37 bits per heavy atom. The molecule has 1 amide bonds. The first kappa shape index (κ1) is 16.0. The van der Waals surface area contributed by atoms with E-state index in [4.69, 9.17) is 0 Å². The van der Waals surface area contributed by atoms with E-state index in [1.807, 2.05) is 0 Å². The zero-order chi connectivity index (χ0) is 14.7. The SMILES string of the molecule is CCC1CCC(C#N)(NC(=O)C(C)S(C)(=O)=O)CC1. The van der Waals surface area contributed by atoms with Crippen molar-refractivity contribution in [3.8, 4) is 6.07 Å². The quantitative estimate of drug-likeness (QED) is 0.846. The number of amides is 1. The molecule has 0 heterocycles. The van der Waals surface area contributed by atoms with Gasteiger partial charge < -0.3 is 5.32 Å². The summed E-state index contributed by atoms with van der Waals surface area (Å²) in [5.74, 6) is 0.0321. The van der Waals surface area contributed by atoms with Gasteiger partial charge in [0.25, 0.3) is 0 Å². The van der Waals surface area contributed by atoms with Gasteiger partial charge in [0.2, 0.25) is 5.91 Å². The molecule has 1 unspecified atom stereocenters. The summed E-state index contributed by atoms with van der Waals surface area (Å²) < 4.78 is 22.7. The summed E-state index contributed by atoms with van der Waals surface area (Å²) in [6, 6.07) is 2.17. The van der Waals surface area contributed by atoms with Gasteiger partial charge in [0.1, 0.15) is 10.8 Å². The van der Waals surface area contributed by atoms with Gasteiger partial charge >= 0.3 is 0 Å². The Balaban J connectivity index is 2.74. The van der Waals surface area contributed by atoms with Gasteiger partial charge in [-0.3, -0.25) is 4.79 Å². The third-order valence-electron chi connectivity index (χ3n) is 4.12. The van der Waals surface area contributed by atoms with Crippen LogP contribution in [0.5, 0.6) is 0 Å². The smallest absolute Gasteiger partial charge is 0.239 e. The molecule has 0 aliphatic heterocycles. The summed E-state index contributed by atoms with van der Waals surface area (Å²) in [5, 5.41) is 10.9. The monoisotopic (exact) mass is 286 g/mol. The van der Waals surface area contributed by atoms with E-state index in [-0.39, 0.29) is 0 Å². The van der Waals surface area contributed by atoms with Crippen molar-refractivity contribution in [2.24, 2.45) is 5.92 Å².